The van der Waals surface area contributed by atoms with Crippen LogP contribution in [0.25, 0.3) is 11.3 Å². The maximum atomic E-state index is 14.0. The highest BCUT2D eigenvalue weighted by molar-refractivity contribution is 7.59. The van der Waals surface area contributed by atoms with E-state index in [1.807, 2.05) is 35.8 Å². The Labute approximate surface area is 236 Å². The van der Waals surface area contributed by atoms with Crippen molar-refractivity contribution in [3.05, 3.63) is 101 Å². The molecule has 1 aliphatic heterocycles. The van der Waals surface area contributed by atoms with Gasteiger partial charge in [0.25, 0.3) is 0 Å². The van der Waals surface area contributed by atoms with Gasteiger partial charge >= 0.3 is 0 Å². The number of aromatic nitrogens is 2. The van der Waals surface area contributed by atoms with Gasteiger partial charge in [-0.2, -0.15) is 13.5 Å². The fourth-order valence-corrected chi connectivity index (χ4v) is 4.68. The topological polar surface area (TPSA) is 76.2 Å². The molecule has 3 N–H and O–H groups in total. The van der Waals surface area contributed by atoms with Crippen LogP contribution >= 0.6 is 13.5 Å². The second-order valence-electron chi connectivity index (χ2n) is 9.72. The Bertz CT molecular complexity index is 1510. The van der Waals surface area contributed by atoms with Crippen molar-refractivity contribution in [1.82, 2.24) is 14.5 Å². The fourth-order valence-electron chi connectivity index (χ4n) is 4.68. The van der Waals surface area contributed by atoms with Crippen molar-refractivity contribution in [2.24, 2.45) is 5.73 Å². The first-order chi connectivity index (χ1) is 18.7. The standard InChI is InChI=1S/C29H27F4N5O.H2S/c1-17-2-8-22(9-3-17)35-29-28(18-4-6-20(30)7-5-18)36-26-16-37(10-11-38(26)29)27(39)14-21(34)12-19-13-24(32)25(33)15-23(19)31;/h2-9,13,15,21,35H,10-12,14,16,34H2,1H3;1H2/t21-;/m0./s1. The van der Waals surface area contributed by atoms with E-state index in [-0.39, 0.29) is 50.2 Å². The number of imidazole rings is 1. The van der Waals surface area contributed by atoms with Crippen LogP contribution in [0.4, 0.5) is 29.1 Å². The number of fused-ring (bicyclic) bond motifs is 1. The Morgan fingerprint density at radius 1 is 0.975 bits per heavy atom. The number of rotatable bonds is 7. The number of hydrogen-bond acceptors (Lipinski definition) is 4. The van der Waals surface area contributed by atoms with Gasteiger partial charge in [-0.15, -0.1) is 0 Å². The normalized spacial score (nSPS) is 13.4. The molecule has 11 heteroatoms. The number of nitrogens with one attached hydrogen (secondary N) is 1. The van der Waals surface area contributed by atoms with Crippen molar-refractivity contribution in [2.45, 2.75) is 38.9 Å². The summed E-state index contributed by atoms with van der Waals surface area (Å²) in [5, 5.41) is 3.43. The van der Waals surface area contributed by atoms with Crippen molar-refractivity contribution in [3.63, 3.8) is 0 Å². The molecule has 3 aromatic carbocycles. The molecule has 0 saturated heterocycles. The summed E-state index contributed by atoms with van der Waals surface area (Å²) in [5.74, 6) is -2.58. The zero-order chi connectivity index (χ0) is 27.7. The number of halogens is 4. The van der Waals surface area contributed by atoms with Crippen LogP contribution in [0.5, 0.6) is 0 Å². The molecule has 0 radical (unpaired) electrons. The summed E-state index contributed by atoms with van der Waals surface area (Å²) >= 11 is 0. The van der Waals surface area contributed by atoms with Crippen LogP contribution < -0.4 is 11.1 Å². The number of hydrogen-bond donors (Lipinski definition) is 2. The van der Waals surface area contributed by atoms with E-state index in [2.05, 4.69) is 5.32 Å². The first-order valence-electron chi connectivity index (χ1n) is 12.5. The molecule has 4 aromatic rings. The summed E-state index contributed by atoms with van der Waals surface area (Å²) in [6, 6.07) is 14.4. The maximum absolute atomic E-state index is 14.0. The average Bonchev–Trinajstić information content (AvgIpc) is 3.26. The van der Waals surface area contributed by atoms with E-state index >= 15 is 0 Å². The lowest BCUT2D eigenvalue weighted by atomic mass is 10.0. The van der Waals surface area contributed by atoms with Gasteiger partial charge in [-0.25, -0.2) is 22.5 Å². The van der Waals surface area contributed by atoms with Crippen LogP contribution in [-0.4, -0.2) is 32.9 Å². The molecule has 1 aliphatic rings. The zero-order valence-electron chi connectivity index (χ0n) is 21.7. The van der Waals surface area contributed by atoms with Gasteiger partial charge in [0.05, 0.1) is 6.54 Å². The molecule has 40 heavy (non-hydrogen) atoms. The summed E-state index contributed by atoms with van der Waals surface area (Å²) in [6.45, 7) is 3.06. The van der Waals surface area contributed by atoms with Crippen molar-refractivity contribution in [3.8, 4) is 11.3 Å². The summed E-state index contributed by atoms with van der Waals surface area (Å²) in [4.78, 5) is 19.5. The van der Waals surface area contributed by atoms with E-state index in [4.69, 9.17) is 10.7 Å². The molecule has 1 aromatic heterocycles. The van der Waals surface area contributed by atoms with Gasteiger partial charge < -0.3 is 20.5 Å². The molecule has 1 atom stereocenters. The molecule has 0 unspecified atom stereocenters. The van der Waals surface area contributed by atoms with E-state index in [9.17, 15) is 22.4 Å². The number of carbonyl (C=O) groups is 1. The second-order valence-corrected chi connectivity index (χ2v) is 9.72. The minimum atomic E-state index is -1.28. The fraction of sp³-hybridized carbons (Fsp3) is 0.241. The molecule has 0 spiro atoms. The van der Waals surface area contributed by atoms with E-state index < -0.39 is 23.5 Å². The molecule has 0 aliphatic carbocycles. The summed E-state index contributed by atoms with van der Waals surface area (Å²) < 4.78 is 56.4. The van der Waals surface area contributed by atoms with Crippen molar-refractivity contribution < 1.29 is 22.4 Å². The molecule has 0 fully saturated rings. The number of nitrogens with two attached hydrogens (primary N) is 1. The average molecular weight is 572 g/mol. The van der Waals surface area contributed by atoms with E-state index in [0.717, 1.165) is 28.7 Å². The Balaban J connectivity index is 0.00000370. The minimum absolute atomic E-state index is 0. The van der Waals surface area contributed by atoms with Crippen molar-refractivity contribution in [1.29, 1.82) is 0 Å². The molecule has 1 amide bonds. The smallest absolute Gasteiger partial charge is 0.224 e. The number of amides is 1. The van der Waals surface area contributed by atoms with Crippen molar-refractivity contribution >= 4 is 30.9 Å². The predicted octanol–water partition coefficient (Wildman–Crippen LogP) is 5.57. The van der Waals surface area contributed by atoms with Gasteiger partial charge in [0.2, 0.25) is 5.91 Å². The molecule has 2 heterocycles. The van der Waals surface area contributed by atoms with E-state index in [0.29, 0.717) is 30.7 Å². The molecular weight excluding hydrogens is 542 g/mol. The van der Waals surface area contributed by atoms with Gasteiger partial charge in [0.15, 0.2) is 11.6 Å². The number of aryl methyl sites for hydroxylation is 1. The van der Waals surface area contributed by atoms with E-state index in [1.54, 1.807) is 17.0 Å². The summed E-state index contributed by atoms with van der Waals surface area (Å²) in [7, 11) is 0. The highest BCUT2D eigenvalue weighted by atomic mass is 32.1. The Hall–Kier alpha value is -3.83. The zero-order valence-corrected chi connectivity index (χ0v) is 22.7. The molecule has 5 rings (SSSR count). The first kappa shape index (κ1) is 29.2. The minimum Gasteiger partial charge on any atom is -0.340 e. The number of anilines is 2. The Morgan fingerprint density at radius 2 is 1.65 bits per heavy atom. The van der Waals surface area contributed by atoms with Gasteiger partial charge in [0.1, 0.15) is 29.0 Å². The molecule has 0 bridgehead atoms. The lowest BCUT2D eigenvalue weighted by molar-refractivity contribution is -0.133. The lowest BCUT2D eigenvalue weighted by Crippen LogP contribution is -2.41. The van der Waals surface area contributed by atoms with Gasteiger partial charge in [0, 0.05) is 42.9 Å². The van der Waals surface area contributed by atoms with Crippen molar-refractivity contribution in [2.75, 3.05) is 11.9 Å². The largest absolute Gasteiger partial charge is 0.340 e. The monoisotopic (exact) mass is 571 g/mol. The molecule has 210 valence electrons. The third-order valence-electron chi connectivity index (χ3n) is 6.77. The van der Waals surface area contributed by atoms with Gasteiger partial charge in [-0.05, 0) is 61.4 Å². The number of nitrogens with zero attached hydrogens (tertiary/aromatic N) is 3. The number of carbonyl (C=O) groups excluding carboxylic acids is 1. The van der Waals surface area contributed by atoms with Gasteiger partial charge in [-0.1, -0.05) is 17.7 Å². The van der Waals surface area contributed by atoms with Crippen LogP contribution in [0.1, 0.15) is 23.4 Å². The number of benzene rings is 3. The highest BCUT2D eigenvalue weighted by Crippen LogP contribution is 2.33. The summed E-state index contributed by atoms with van der Waals surface area (Å²) in [5.41, 5.74) is 9.34. The van der Waals surface area contributed by atoms with Crippen LogP contribution in [0.2, 0.25) is 0 Å². The van der Waals surface area contributed by atoms with Crippen LogP contribution in [0.3, 0.4) is 0 Å². The van der Waals surface area contributed by atoms with E-state index in [1.165, 1.54) is 12.1 Å². The Morgan fingerprint density at radius 3 is 2.35 bits per heavy atom. The third kappa shape index (κ3) is 6.31. The van der Waals surface area contributed by atoms with Gasteiger partial charge in [-0.3, -0.25) is 4.79 Å². The third-order valence-corrected chi connectivity index (χ3v) is 6.77. The summed E-state index contributed by atoms with van der Waals surface area (Å²) in [6.07, 6.45) is -0.213. The molecule has 0 saturated carbocycles. The second kappa shape index (κ2) is 12.1. The highest BCUT2D eigenvalue weighted by Gasteiger charge is 2.28. The first-order valence-corrected chi connectivity index (χ1v) is 12.5. The molecular formula is C29H29F4N5OS. The predicted molar refractivity (Wildman–Crippen MR) is 150 cm³/mol. The maximum Gasteiger partial charge on any atom is 0.224 e. The lowest BCUT2D eigenvalue weighted by Gasteiger charge is -2.29. The van der Waals surface area contributed by atoms with Crippen LogP contribution in [0.15, 0.2) is 60.7 Å². The van der Waals surface area contributed by atoms with Crippen LogP contribution in [-0.2, 0) is 24.3 Å². The SMILES string of the molecule is Cc1ccc(Nc2c(-c3ccc(F)cc3)nc3n2CCN(C(=O)C[C@@H](N)Cc2cc(F)c(F)cc2F)C3)cc1.S. The Kier molecular flexibility index (Phi) is 8.85. The van der Waals surface area contributed by atoms with Crippen LogP contribution in [0, 0.1) is 30.2 Å². The quantitative estimate of drug-likeness (QED) is 0.225. The molecule has 6 nitrogen and oxygen atoms in total.